The summed E-state index contributed by atoms with van der Waals surface area (Å²) in [7, 11) is 0. The molecule has 0 aliphatic carbocycles. The predicted molar refractivity (Wildman–Crippen MR) is 93.9 cm³/mol. The maximum absolute atomic E-state index is 11.9. The van der Waals surface area contributed by atoms with Crippen LogP contribution < -0.4 is 0 Å². The number of ether oxygens (including phenoxy) is 1. The van der Waals surface area contributed by atoms with E-state index in [2.05, 4.69) is 15.0 Å². The highest BCUT2D eigenvalue weighted by Crippen LogP contribution is 2.19. The number of rotatable bonds is 7. The summed E-state index contributed by atoms with van der Waals surface area (Å²) >= 11 is 0. The molecule has 1 aromatic carbocycles. The zero-order valence-electron chi connectivity index (χ0n) is 14.7. The summed E-state index contributed by atoms with van der Waals surface area (Å²) in [5, 5.41) is 4.05. The summed E-state index contributed by atoms with van der Waals surface area (Å²) in [5.41, 5.74) is 0.964. The topological polar surface area (TPSA) is 68.5 Å². The van der Waals surface area contributed by atoms with E-state index in [-0.39, 0.29) is 11.9 Å². The normalized spacial score (nSPS) is 18.2. The molecule has 3 rings (SSSR count). The predicted octanol–water partition coefficient (Wildman–Crippen LogP) is 2.94. The fraction of sp³-hybridized carbons (Fsp3) is 0.526. The van der Waals surface area contributed by atoms with Crippen LogP contribution in [0.3, 0.4) is 0 Å². The Bertz CT molecular complexity index is 672. The van der Waals surface area contributed by atoms with Crippen LogP contribution in [0.15, 0.2) is 34.9 Å². The van der Waals surface area contributed by atoms with E-state index >= 15 is 0 Å². The summed E-state index contributed by atoms with van der Waals surface area (Å²) in [6.07, 6.45) is 3.66. The molecule has 2 heterocycles. The molecule has 0 amide bonds. The second-order valence-corrected chi connectivity index (χ2v) is 6.37. The first-order valence-electron chi connectivity index (χ1n) is 9.03. The van der Waals surface area contributed by atoms with Crippen molar-refractivity contribution in [2.45, 2.75) is 32.6 Å². The fourth-order valence-corrected chi connectivity index (χ4v) is 3.23. The highest BCUT2D eigenvalue weighted by atomic mass is 16.5. The number of piperidine rings is 1. The number of nitrogens with zero attached hydrogens (tertiary/aromatic N) is 3. The van der Waals surface area contributed by atoms with Crippen LogP contribution in [0.4, 0.5) is 0 Å². The molecule has 0 radical (unpaired) electrons. The molecule has 2 aromatic rings. The number of aryl methyl sites for hydroxylation is 1. The molecule has 1 aliphatic heterocycles. The molecule has 0 saturated carbocycles. The number of carbonyl (C=O) groups is 1. The molecule has 1 fully saturated rings. The molecular formula is C19H25N3O3. The maximum Gasteiger partial charge on any atom is 0.310 e. The fourth-order valence-electron chi connectivity index (χ4n) is 3.23. The number of carbonyl (C=O) groups excluding carboxylic acids is 1. The van der Waals surface area contributed by atoms with E-state index in [1.807, 2.05) is 37.3 Å². The van der Waals surface area contributed by atoms with Crippen LogP contribution in [0, 0.1) is 5.92 Å². The van der Waals surface area contributed by atoms with Gasteiger partial charge >= 0.3 is 5.97 Å². The molecular weight excluding hydrogens is 318 g/mol. The van der Waals surface area contributed by atoms with Gasteiger partial charge in [-0.1, -0.05) is 35.5 Å². The van der Waals surface area contributed by atoms with Gasteiger partial charge < -0.3 is 14.2 Å². The number of hydrogen-bond acceptors (Lipinski definition) is 6. The Balaban J connectivity index is 1.45. The first-order chi connectivity index (χ1) is 12.3. The van der Waals surface area contributed by atoms with Crippen LogP contribution in [0.5, 0.6) is 0 Å². The highest BCUT2D eigenvalue weighted by molar-refractivity contribution is 5.72. The Morgan fingerprint density at radius 3 is 3.00 bits per heavy atom. The lowest BCUT2D eigenvalue weighted by atomic mass is 9.98. The van der Waals surface area contributed by atoms with Crippen molar-refractivity contribution in [3.05, 3.63) is 36.2 Å². The van der Waals surface area contributed by atoms with Gasteiger partial charge in [0, 0.05) is 18.5 Å². The SMILES string of the molecule is CCOC(=O)[C@H]1CCCN(CCCc2nc(-c3ccccc3)no2)C1. The van der Waals surface area contributed by atoms with Gasteiger partial charge in [0.15, 0.2) is 0 Å². The standard InChI is InChI=1S/C19H25N3O3/c1-2-24-19(23)16-10-6-12-22(14-16)13-7-11-17-20-18(21-25-17)15-8-4-3-5-9-15/h3-5,8-9,16H,2,6-7,10-14H2,1H3/t16-/m0/s1. The minimum atomic E-state index is -0.0587. The van der Waals surface area contributed by atoms with Crippen LogP contribution in [-0.2, 0) is 16.0 Å². The van der Waals surface area contributed by atoms with Crippen LogP contribution in [0.2, 0.25) is 0 Å². The monoisotopic (exact) mass is 343 g/mol. The van der Waals surface area contributed by atoms with Crippen LogP contribution in [-0.4, -0.2) is 47.3 Å². The summed E-state index contributed by atoms with van der Waals surface area (Å²) in [6.45, 7) is 5.06. The molecule has 1 saturated heterocycles. The smallest absolute Gasteiger partial charge is 0.310 e. The molecule has 0 unspecified atom stereocenters. The van der Waals surface area contributed by atoms with Gasteiger partial charge in [-0.05, 0) is 39.3 Å². The molecule has 0 N–H and O–H groups in total. The maximum atomic E-state index is 11.9. The van der Waals surface area contributed by atoms with Gasteiger partial charge in [-0.15, -0.1) is 0 Å². The molecule has 134 valence electrons. The lowest BCUT2D eigenvalue weighted by molar-refractivity contribution is -0.149. The van der Waals surface area contributed by atoms with Crippen molar-refractivity contribution in [1.82, 2.24) is 15.0 Å². The number of aromatic nitrogens is 2. The summed E-state index contributed by atoms with van der Waals surface area (Å²) in [4.78, 5) is 18.7. The first-order valence-corrected chi connectivity index (χ1v) is 9.03. The Hall–Kier alpha value is -2.21. The number of likely N-dealkylation sites (tertiary alicyclic amines) is 1. The van der Waals surface area contributed by atoms with E-state index in [4.69, 9.17) is 9.26 Å². The molecule has 25 heavy (non-hydrogen) atoms. The molecule has 0 spiro atoms. The Morgan fingerprint density at radius 2 is 2.20 bits per heavy atom. The third kappa shape index (κ3) is 4.89. The third-order valence-corrected chi connectivity index (χ3v) is 4.49. The van der Waals surface area contributed by atoms with Gasteiger partial charge in [-0.25, -0.2) is 0 Å². The lowest BCUT2D eigenvalue weighted by Crippen LogP contribution is -2.39. The molecule has 6 nitrogen and oxygen atoms in total. The van der Waals surface area contributed by atoms with E-state index in [1.54, 1.807) is 0 Å². The zero-order valence-corrected chi connectivity index (χ0v) is 14.7. The Labute approximate surface area is 148 Å². The van der Waals surface area contributed by atoms with Crippen molar-refractivity contribution in [3.8, 4) is 11.4 Å². The van der Waals surface area contributed by atoms with E-state index in [0.717, 1.165) is 50.9 Å². The van der Waals surface area contributed by atoms with Gasteiger partial charge in [-0.2, -0.15) is 4.98 Å². The molecule has 1 atom stereocenters. The van der Waals surface area contributed by atoms with E-state index in [9.17, 15) is 4.79 Å². The number of benzene rings is 1. The summed E-state index contributed by atoms with van der Waals surface area (Å²) in [5.74, 6) is 1.26. The Kier molecular flexibility index (Phi) is 6.17. The van der Waals surface area contributed by atoms with Crippen LogP contribution in [0.1, 0.15) is 32.1 Å². The highest BCUT2D eigenvalue weighted by Gasteiger charge is 2.26. The average molecular weight is 343 g/mol. The van der Waals surface area contributed by atoms with Crippen molar-refractivity contribution in [1.29, 1.82) is 0 Å². The van der Waals surface area contributed by atoms with Crippen LogP contribution in [0.25, 0.3) is 11.4 Å². The lowest BCUT2D eigenvalue weighted by Gasteiger charge is -2.31. The largest absolute Gasteiger partial charge is 0.466 e. The van der Waals surface area contributed by atoms with E-state index < -0.39 is 0 Å². The molecule has 1 aromatic heterocycles. The third-order valence-electron chi connectivity index (χ3n) is 4.49. The van der Waals surface area contributed by atoms with Crippen LogP contribution >= 0.6 is 0 Å². The minimum Gasteiger partial charge on any atom is -0.466 e. The van der Waals surface area contributed by atoms with Crippen molar-refractivity contribution >= 4 is 5.97 Å². The zero-order chi connectivity index (χ0) is 17.5. The first kappa shape index (κ1) is 17.6. The molecule has 6 heteroatoms. The summed E-state index contributed by atoms with van der Waals surface area (Å²) < 4.78 is 10.5. The van der Waals surface area contributed by atoms with Gasteiger partial charge in [0.2, 0.25) is 11.7 Å². The summed E-state index contributed by atoms with van der Waals surface area (Å²) in [6, 6.07) is 9.83. The number of esters is 1. The van der Waals surface area contributed by atoms with E-state index in [1.165, 1.54) is 0 Å². The quantitative estimate of drug-likeness (QED) is 0.720. The van der Waals surface area contributed by atoms with Gasteiger partial charge in [0.25, 0.3) is 0 Å². The Morgan fingerprint density at radius 1 is 1.36 bits per heavy atom. The second kappa shape index (κ2) is 8.76. The van der Waals surface area contributed by atoms with Gasteiger partial charge in [0.1, 0.15) is 0 Å². The number of hydrogen-bond donors (Lipinski definition) is 0. The average Bonchev–Trinajstić information content (AvgIpc) is 3.12. The van der Waals surface area contributed by atoms with Crippen molar-refractivity contribution in [2.75, 3.05) is 26.2 Å². The van der Waals surface area contributed by atoms with Gasteiger partial charge in [-0.3, -0.25) is 4.79 Å². The van der Waals surface area contributed by atoms with Crippen molar-refractivity contribution in [3.63, 3.8) is 0 Å². The molecule has 1 aliphatic rings. The van der Waals surface area contributed by atoms with E-state index in [0.29, 0.717) is 18.3 Å². The minimum absolute atomic E-state index is 0.0155. The second-order valence-electron chi connectivity index (χ2n) is 6.37. The molecule has 0 bridgehead atoms. The van der Waals surface area contributed by atoms with Gasteiger partial charge in [0.05, 0.1) is 12.5 Å². The van der Waals surface area contributed by atoms with Crippen molar-refractivity contribution in [2.24, 2.45) is 5.92 Å². The van der Waals surface area contributed by atoms with Crippen molar-refractivity contribution < 1.29 is 14.1 Å².